The predicted molar refractivity (Wildman–Crippen MR) is 110 cm³/mol. The molecule has 0 saturated heterocycles. The minimum atomic E-state index is 0.0359. The molecule has 3 aromatic rings. The topological polar surface area (TPSA) is 3.88 Å². The molecule has 0 atom stereocenters. The fraction of sp³-hybridized carbons (Fsp3) is 0.320. The highest BCUT2D eigenvalue weighted by molar-refractivity contribution is 5.86. The van der Waals surface area contributed by atoms with Gasteiger partial charge in [-0.3, -0.25) is 0 Å². The summed E-state index contributed by atoms with van der Waals surface area (Å²) in [4.78, 5) is 0. The Labute approximate surface area is 157 Å². The normalized spacial score (nSPS) is 14.3. The SMILES string of the molecule is Cc1ccc2c(c1)-c1cc(C)c(-c3ccc(C)c[n+]3C)c(C)c1C2(C)C. The number of aromatic nitrogens is 1. The Kier molecular flexibility index (Phi) is 3.63. The first-order chi connectivity index (χ1) is 12.2. The van der Waals surface area contributed by atoms with Crippen molar-refractivity contribution in [1.82, 2.24) is 0 Å². The Balaban J connectivity index is 2.06. The summed E-state index contributed by atoms with van der Waals surface area (Å²) in [6, 6.07) is 13.8. The molecule has 0 amide bonds. The summed E-state index contributed by atoms with van der Waals surface area (Å²) in [6.07, 6.45) is 2.21. The third-order valence-electron chi connectivity index (χ3n) is 6.08. The van der Waals surface area contributed by atoms with Crippen LogP contribution in [0.2, 0.25) is 0 Å². The van der Waals surface area contributed by atoms with Crippen LogP contribution in [-0.2, 0) is 12.5 Å². The smallest absolute Gasteiger partial charge is 0.201 e. The standard InChI is InChI=1S/C25H28N/c1-15-8-10-21-19(12-15)20-13-17(3)23(18(4)24(20)25(21,5)6)22-11-9-16(2)14-26(22)7/h8-14H,1-7H3/q+1. The van der Waals surface area contributed by atoms with Crippen molar-refractivity contribution in [3.8, 4) is 22.4 Å². The fourth-order valence-electron chi connectivity index (χ4n) is 4.96. The number of hydrogen-bond acceptors (Lipinski definition) is 0. The fourth-order valence-corrected chi connectivity index (χ4v) is 4.96. The Morgan fingerprint density at radius 2 is 1.50 bits per heavy atom. The molecule has 26 heavy (non-hydrogen) atoms. The van der Waals surface area contributed by atoms with Crippen LogP contribution in [0.25, 0.3) is 22.4 Å². The van der Waals surface area contributed by atoms with E-state index in [4.69, 9.17) is 0 Å². The summed E-state index contributed by atoms with van der Waals surface area (Å²) in [5, 5.41) is 0. The van der Waals surface area contributed by atoms with E-state index >= 15 is 0 Å². The van der Waals surface area contributed by atoms with Gasteiger partial charge in [0.2, 0.25) is 5.69 Å². The van der Waals surface area contributed by atoms with E-state index in [1.807, 2.05) is 0 Å². The van der Waals surface area contributed by atoms with Crippen LogP contribution in [0, 0.1) is 27.7 Å². The molecule has 2 aromatic carbocycles. The molecule has 1 aliphatic rings. The van der Waals surface area contributed by atoms with Gasteiger partial charge in [-0.05, 0) is 67.1 Å². The van der Waals surface area contributed by atoms with Gasteiger partial charge in [-0.15, -0.1) is 0 Å². The van der Waals surface area contributed by atoms with Crippen molar-refractivity contribution in [3.63, 3.8) is 0 Å². The van der Waals surface area contributed by atoms with Crippen molar-refractivity contribution >= 4 is 0 Å². The van der Waals surface area contributed by atoms with Crippen LogP contribution in [0.5, 0.6) is 0 Å². The van der Waals surface area contributed by atoms with Gasteiger partial charge in [-0.25, -0.2) is 4.57 Å². The lowest BCUT2D eigenvalue weighted by molar-refractivity contribution is -0.660. The van der Waals surface area contributed by atoms with Crippen LogP contribution in [0.15, 0.2) is 42.6 Å². The quantitative estimate of drug-likeness (QED) is 0.498. The maximum absolute atomic E-state index is 2.41. The lowest BCUT2D eigenvalue weighted by Crippen LogP contribution is -2.31. The molecular weight excluding hydrogens is 314 g/mol. The molecule has 0 radical (unpaired) electrons. The van der Waals surface area contributed by atoms with E-state index in [1.165, 1.54) is 55.8 Å². The second-order valence-corrected chi connectivity index (χ2v) is 8.49. The molecule has 4 rings (SSSR count). The first-order valence-corrected chi connectivity index (χ1v) is 9.44. The molecule has 0 fully saturated rings. The maximum Gasteiger partial charge on any atom is 0.212 e. The van der Waals surface area contributed by atoms with Crippen LogP contribution < -0.4 is 4.57 Å². The van der Waals surface area contributed by atoms with Crippen LogP contribution in [-0.4, -0.2) is 0 Å². The highest BCUT2D eigenvalue weighted by atomic mass is 14.9. The zero-order chi connectivity index (χ0) is 18.8. The van der Waals surface area contributed by atoms with Gasteiger partial charge in [0.15, 0.2) is 6.20 Å². The van der Waals surface area contributed by atoms with Gasteiger partial charge in [0, 0.05) is 17.0 Å². The molecule has 0 bridgehead atoms. The van der Waals surface area contributed by atoms with E-state index in [9.17, 15) is 0 Å². The molecule has 132 valence electrons. The molecule has 0 unspecified atom stereocenters. The number of fused-ring (bicyclic) bond motifs is 3. The number of pyridine rings is 1. The highest BCUT2D eigenvalue weighted by Gasteiger charge is 2.38. The summed E-state index contributed by atoms with van der Waals surface area (Å²) in [5.41, 5.74) is 13.9. The molecule has 1 aliphatic carbocycles. The monoisotopic (exact) mass is 342 g/mol. The first-order valence-electron chi connectivity index (χ1n) is 9.44. The highest BCUT2D eigenvalue weighted by Crippen LogP contribution is 2.52. The third kappa shape index (κ3) is 2.26. The van der Waals surface area contributed by atoms with E-state index in [0.717, 1.165) is 0 Å². The molecule has 0 spiro atoms. The van der Waals surface area contributed by atoms with Gasteiger partial charge in [0.1, 0.15) is 7.05 Å². The zero-order valence-electron chi connectivity index (χ0n) is 17.0. The second-order valence-electron chi connectivity index (χ2n) is 8.49. The second kappa shape index (κ2) is 5.54. The molecular formula is C25H28N+. The minimum Gasteiger partial charge on any atom is -0.201 e. The van der Waals surface area contributed by atoms with Gasteiger partial charge in [0.05, 0.1) is 5.56 Å². The minimum absolute atomic E-state index is 0.0359. The third-order valence-corrected chi connectivity index (χ3v) is 6.08. The number of aryl methyl sites for hydroxylation is 4. The van der Waals surface area contributed by atoms with Crippen LogP contribution in [0.3, 0.4) is 0 Å². The van der Waals surface area contributed by atoms with Crippen molar-refractivity contribution in [3.05, 3.63) is 76.0 Å². The van der Waals surface area contributed by atoms with Crippen molar-refractivity contribution in [1.29, 1.82) is 0 Å². The first kappa shape index (κ1) is 17.0. The van der Waals surface area contributed by atoms with Gasteiger partial charge in [0.25, 0.3) is 0 Å². The van der Waals surface area contributed by atoms with Crippen LogP contribution in [0.4, 0.5) is 0 Å². The maximum atomic E-state index is 2.41. The van der Waals surface area contributed by atoms with Crippen LogP contribution >= 0.6 is 0 Å². The van der Waals surface area contributed by atoms with E-state index < -0.39 is 0 Å². The van der Waals surface area contributed by atoms with Gasteiger partial charge in [-0.1, -0.05) is 43.7 Å². The number of benzene rings is 2. The lowest BCUT2D eigenvalue weighted by Gasteiger charge is -2.25. The zero-order valence-corrected chi connectivity index (χ0v) is 17.0. The summed E-state index contributed by atoms with van der Waals surface area (Å²) in [6.45, 7) is 13.6. The Morgan fingerprint density at radius 3 is 2.19 bits per heavy atom. The van der Waals surface area contributed by atoms with Crippen molar-refractivity contribution in [2.45, 2.75) is 47.0 Å². The average molecular weight is 343 g/mol. The Bertz CT molecular complexity index is 1050. The van der Waals surface area contributed by atoms with Gasteiger partial charge < -0.3 is 0 Å². The van der Waals surface area contributed by atoms with Crippen molar-refractivity contribution < 1.29 is 4.57 Å². The van der Waals surface area contributed by atoms with E-state index in [0.29, 0.717) is 0 Å². The largest absolute Gasteiger partial charge is 0.212 e. The lowest BCUT2D eigenvalue weighted by atomic mass is 9.78. The van der Waals surface area contributed by atoms with Gasteiger partial charge >= 0.3 is 0 Å². The molecule has 1 nitrogen and oxygen atoms in total. The average Bonchev–Trinajstić information content (AvgIpc) is 2.76. The number of nitrogens with zero attached hydrogens (tertiary/aromatic N) is 1. The molecule has 1 heteroatoms. The molecule has 0 saturated carbocycles. The molecule has 0 aliphatic heterocycles. The summed E-state index contributed by atoms with van der Waals surface area (Å²) in [7, 11) is 2.15. The van der Waals surface area contributed by atoms with E-state index in [1.54, 1.807) is 0 Å². The Morgan fingerprint density at radius 1 is 0.808 bits per heavy atom. The van der Waals surface area contributed by atoms with E-state index in [2.05, 4.69) is 95.8 Å². The Hall–Kier alpha value is -2.41. The molecule has 0 N–H and O–H groups in total. The summed E-state index contributed by atoms with van der Waals surface area (Å²) in [5.74, 6) is 0. The molecule has 1 heterocycles. The molecule has 1 aromatic heterocycles. The number of hydrogen-bond donors (Lipinski definition) is 0. The van der Waals surface area contributed by atoms with Gasteiger partial charge in [-0.2, -0.15) is 0 Å². The number of rotatable bonds is 1. The predicted octanol–water partition coefficient (Wildman–Crippen LogP) is 5.72. The summed E-state index contributed by atoms with van der Waals surface area (Å²) < 4.78 is 2.26. The van der Waals surface area contributed by atoms with Crippen molar-refractivity contribution in [2.75, 3.05) is 0 Å². The van der Waals surface area contributed by atoms with E-state index in [-0.39, 0.29) is 5.41 Å². The van der Waals surface area contributed by atoms with Crippen molar-refractivity contribution in [2.24, 2.45) is 7.05 Å². The summed E-state index contributed by atoms with van der Waals surface area (Å²) >= 11 is 0. The van der Waals surface area contributed by atoms with Crippen LogP contribution in [0.1, 0.15) is 47.2 Å².